The Morgan fingerprint density at radius 1 is 0.451 bits per heavy atom. The van der Waals surface area contributed by atoms with Crippen LogP contribution in [0, 0.1) is 0 Å². The van der Waals surface area contributed by atoms with E-state index in [2.05, 4.69) is 167 Å². The normalized spacial score (nSPS) is 15.0. The van der Waals surface area contributed by atoms with Gasteiger partial charge in [0.25, 0.3) is 0 Å². The molecule has 0 saturated carbocycles. The molecule has 5 nitrogen and oxygen atoms in total. The molecule has 0 unspecified atom stereocenters. The lowest BCUT2D eigenvalue weighted by Gasteiger charge is -2.37. The first-order chi connectivity index (χ1) is 24.8. The highest BCUT2D eigenvalue weighted by molar-refractivity contribution is 6.12. The van der Waals surface area contributed by atoms with Crippen LogP contribution in [0.25, 0.3) is 55.0 Å². The third kappa shape index (κ3) is 3.60. The van der Waals surface area contributed by atoms with E-state index in [1.807, 2.05) is 24.8 Å². The quantitative estimate of drug-likeness (QED) is 0.190. The van der Waals surface area contributed by atoms with Crippen LogP contribution in [-0.2, 0) is 10.8 Å². The molecular formula is C46H35N5. The lowest BCUT2D eigenvalue weighted by atomic mass is 9.74. The molecule has 0 spiro atoms. The Balaban J connectivity index is 1.15. The van der Waals surface area contributed by atoms with E-state index in [1.165, 1.54) is 77.2 Å². The largest absolute Gasteiger partial charge is 0.310 e. The average molecular weight is 658 g/mol. The Bertz CT molecular complexity index is 2740. The Kier molecular flexibility index (Phi) is 5.46. The summed E-state index contributed by atoms with van der Waals surface area (Å²) in [6.07, 6.45) is 7.83. The van der Waals surface area contributed by atoms with Crippen LogP contribution >= 0.6 is 0 Å². The first-order valence-corrected chi connectivity index (χ1v) is 17.7. The third-order valence-corrected chi connectivity index (χ3v) is 11.8. The van der Waals surface area contributed by atoms with Crippen molar-refractivity contribution in [1.82, 2.24) is 19.1 Å². The number of fused-ring (bicyclic) bond motifs is 10. The minimum Gasteiger partial charge on any atom is -0.310 e. The minimum atomic E-state index is -0.220. The van der Waals surface area contributed by atoms with E-state index in [-0.39, 0.29) is 10.8 Å². The molecule has 11 rings (SSSR count). The van der Waals surface area contributed by atoms with E-state index < -0.39 is 0 Å². The van der Waals surface area contributed by atoms with Crippen molar-refractivity contribution in [3.8, 4) is 11.4 Å². The van der Waals surface area contributed by atoms with Gasteiger partial charge in [-0.25, -0.2) is 0 Å². The lowest BCUT2D eigenvalue weighted by molar-refractivity contribution is 0.629. The van der Waals surface area contributed by atoms with Gasteiger partial charge >= 0.3 is 0 Å². The zero-order valence-corrected chi connectivity index (χ0v) is 29.0. The molecule has 2 aliphatic heterocycles. The average Bonchev–Trinajstić information content (AvgIpc) is 3.68. The van der Waals surface area contributed by atoms with Gasteiger partial charge in [-0.1, -0.05) is 82.3 Å². The van der Waals surface area contributed by atoms with Crippen LogP contribution in [0.4, 0.5) is 17.1 Å². The number of anilines is 3. The van der Waals surface area contributed by atoms with Crippen molar-refractivity contribution in [2.75, 3.05) is 4.90 Å². The summed E-state index contributed by atoms with van der Waals surface area (Å²) in [6, 6.07) is 42.7. The molecule has 6 heterocycles. The summed E-state index contributed by atoms with van der Waals surface area (Å²) in [5.74, 6) is 0. The fraction of sp³-hybridized carbons (Fsp3) is 0.130. The Labute approximate surface area is 296 Å². The van der Waals surface area contributed by atoms with Gasteiger partial charge in [-0.15, -0.1) is 0 Å². The second kappa shape index (κ2) is 9.73. The number of hydrogen-bond donors (Lipinski definition) is 0. The molecule has 0 radical (unpaired) electrons. The van der Waals surface area contributed by atoms with Gasteiger partial charge < -0.3 is 14.0 Å². The summed E-state index contributed by atoms with van der Waals surface area (Å²) in [7, 11) is 0. The van der Waals surface area contributed by atoms with E-state index in [0.717, 1.165) is 17.1 Å². The van der Waals surface area contributed by atoms with Crippen molar-refractivity contribution in [3.05, 3.63) is 162 Å². The smallest absolute Gasteiger partial charge is 0.0582 e. The van der Waals surface area contributed by atoms with E-state index in [1.54, 1.807) is 0 Å². The summed E-state index contributed by atoms with van der Waals surface area (Å²) < 4.78 is 4.91. The number of aromatic nitrogens is 4. The fourth-order valence-electron chi connectivity index (χ4n) is 9.36. The lowest BCUT2D eigenvalue weighted by Crippen LogP contribution is -2.27. The predicted molar refractivity (Wildman–Crippen MR) is 210 cm³/mol. The van der Waals surface area contributed by atoms with Crippen LogP contribution in [0.15, 0.2) is 140 Å². The fourth-order valence-corrected chi connectivity index (χ4v) is 9.36. The summed E-state index contributed by atoms with van der Waals surface area (Å²) >= 11 is 0. The maximum Gasteiger partial charge on any atom is 0.0582 e. The van der Waals surface area contributed by atoms with Crippen LogP contribution in [0.1, 0.15) is 49.9 Å². The molecule has 0 N–H and O–H groups in total. The van der Waals surface area contributed by atoms with Crippen LogP contribution in [-0.4, -0.2) is 19.1 Å². The first-order valence-electron chi connectivity index (χ1n) is 17.7. The van der Waals surface area contributed by atoms with Gasteiger partial charge in [-0.3, -0.25) is 9.97 Å². The highest BCUT2D eigenvalue weighted by atomic mass is 15.1. The Morgan fingerprint density at radius 2 is 0.941 bits per heavy atom. The van der Waals surface area contributed by atoms with Crippen LogP contribution in [0.5, 0.6) is 0 Å². The Morgan fingerprint density at radius 3 is 1.43 bits per heavy atom. The van der Waals surface area contributed by atoms with Crippen LogP contribution in [0.3, 0.4) is 0 Å². The second-order valence-corrected chi connectivity index (χ2v) is 15.2. The Hall–Kier alpha value is -6.20. The molecule has 4 aromatic heterocycles. The van der Waals surface area contributed by atoms with E-state index >= 15 is 0 Å². The van der Waals surface area contributed by atoms with Crippen molar-refractivity contribution in [2.24, 2.45) is 0 Å². The summed E-state index contributed by atoms with van der Waals surface area (Å²) in [4.78, 5) is 11.4. The van der Waals surface area contributed by atoms with Crippen molar-refractivity contribution in [3.63, 3.8) is 0 Å². The molecule has 0 bridgehead atoms. The zero-order valence-electron chi connectivity index (χ0n) is 29.0. The van der Waals surface area contributed by atoms with E-state index in [0.29, 0.717) is 0 Å². The number of benzene rings is 5. The summed E-state index contributed by atoms with van der Waals surface area (Å²) in [5, 5.41) is 4.89. The van der Waals surface area contributed by atoms with Gasteiger partial charge in [-0.05, 0) is 82.9 Å². The molecule has 5 heteroatoms. The maximum absolute atomic E-state index is 4.51. The molecular weight excluding hydrogens is 623 g/mol. The predicted octanol–water partition coefficient (Wildman–Crippen LogP) is 11.4. The molecule has 5 aromatic carbocycles. The standard InChI is InChI=1S/C46H35N5/c1-45(2)35-14-8-12-31-33-26-47-22-20-39(33)50(43(31)35)41-18-16-29(24-37(41)45)49(28-10-6-5-7-11-28)30-17-19-42-38(25-30)46(3,4)36-15-9-13-32-34-27-48-23-21-40(34)51(42)44(32)36/h5-27H,1-4H3. The van der Waals surface area contributed by atoms with E-state index in [4.69, 9.17) is 0 Å². The van der Waals surface area contributed by atoms with Gasteiger partial charge in [0.2, 0.25) is 0 Å². The third-order valence-electron chi connectivity index (χ3n) is 11.8. The SMILES string of the molecule is CC1(C)c2cc(N(c3ccccc3)c3ccc4c(c3)C(C)(C)c3cccc5c6cnccc6n-4c35)ccc2-n2c3ccncc3c3cccc1c32. The van der Waals surface area contributed by atoms with Crippen molar-refractivity contribution in [2.45, 2.75) is 38.5 Å². The van der Waals surface area contributed by atoms with Crippen LogP contribution < -0.4 is 4.90 Å². The topological polar surface area (TPSA) is 38.9 Å². The molecule has 244 valence electrons. The molecule has 9 aromatic rings. The van der Waals surface area contributed by atoms with Crippen LogP contribution in [0.2, 0.25) is 0 Å². The van der Waals surface area contributed by atoms with E-state index in [9.17, 15) is 0 Å². The van der Waals surface area contributed by atoms with Gasteiger partial charge in [0.1, 0.15) is 0 Å². The number of rotatable bonds is 3. The number of hydrogen-bond acceptors (Lipinski definition) is 3. The molecule has 0 fully saturated rings. The van der Waals surface area contributed by atoms with Crippen molar-refractivity contribution in [1.29, 1.82) is 0 Å². The van der Waals surface area contributed by atoms with Gasteiger partial charge in [0, 0.05) is 74.2 Å². The molecule has 51 heavy (non-hydrogen) atoms. The first kappa shape index (κ1) is 28.6. The van der Waals surface area contributed by atoms with Gasteiger partial charge in [0.15, 0.2) is 0 Å². The highest BCUT2D eigenvalue weighted by Crippen LogP contribution is 2.51. The molecule has 2 aliphatic rings. The highest BCUT2D eigenvalue weighted by Gasteiger charge is 2.38. The molecule has 0 aliphatic carbocycles. The minimum absolute atomic E-state index is 0.220. The number of nitrogens with zero attached hydrogens (tertiary/aromatic N) is 5. The van der Waals surface area contributed by atoms with Gasteiger partial charge in [0.05, 0.1) is 33.4 Å². The number of para-hydroxylation sites is 3. The molecule has 0 amide bonds. The summed E-state index contributed by atoms with van der Waals surface area (Å²) in [6.45, 7) is 9.47. The maximum atomic E-state index is 4.51. The molecule has 0 atom stereocenters. The zero-order chi connectivity index (χ0) is 34.2. The number of pyridine rings is 2. The van der Waals surface area contributed by atoms with Gasteiger partial charge in [-0.2, -0.15) is 0 Å². The van der Waals surface area contributed by atoms with Crippen molar-refractivity contribution < 1.29 is 0 Å². The monoisotopic (exact) mass is 657 g/mol. The summed E-state index contributed by atoms with van der Waals surface area (Å²) in [5.41, 5.74) is 15.6. The second-order valence-electron chi connectivity index (χ2n) is 15.2. The molecule has 0 saturated heterocycles. The van der Waals surface area contributed by atoms with Crippen molar-refractivity contribution >= 4 is 60.7 Å².